The van der Waals surface area contributed by atoms with Gasteiger partial charge < -0.3 is 14.0 Å². The van der Waals surface area contributed by atoms with Crippen LogP contribution >= 0.6 is 11.6 Å². The third kappa shape index (κ3) is 4.16. The summed E-state index contributed by atoms with van der Waals surface area (Å²) in [6.45, 7) is 3.95. The van der Waals surface area contributed by atoms with Crippen LogP contribution < -0.4 is 9.47 Å². The summed E-state index contributed by atoms with van der Waals surface area (Å²) in [6, 6.07) is 11.9. The van der Waals surface area contributed by atoms with Gasteiger partial charge in [-0.1, -0.05) is 29.3 Å². The van der Waals surface area contributed by atoms with E-state index in [9.17, 15) is 9.59 Å². The molecule has 0 saturated carbocycles. The zero-order chi connectivity index (χ0) is 21.8. The predicted octanol–water partition coefficient (Wildman–Crippen LogP) is 5.61. The third-order valence-corrected chi connectivity index (χ3v) is 4.79. The number of halogens is 1. The number of hydrogen-bond donors (Lipinski definition) is 0. The standard InChI is InChI=1S/C24H22ClNO4/c1-15(2)10-16-11-18(14-27)26(13-16)21-9-8-17(25)12-20(21)23(28)19-6-5-7-22(29-3)24(19)30-4/h5-14H,1-4H3. The zero-order valence-corrected chi connectivity index (χ0v) is 18.0. The predicted molar refractivity (Wildman–Crippen MR) is 118 cm³/mol. The second kappa shape index (κ2) is 9.01. The normalized spacial score (nSPS) is 10.4. The molecule has 0 radical (unpaired) electrons. The summed E-state index contributed by atoms with van der Waals surface area (Å²) in [6.07, 6.45) is 4.54. The molecule has 0 amide bonds. The molecule has 0 N–H and O–H groups in total. The molecule has 0 aliphatic carbocycles. The molecule has 1 heterocycles. The van der Waals surface area contributed by atoms with Gasteiger partial charge in [0.1, 0.15) is 0 Å². The summed E-state index contributed by atoms with van der Waals surface area (Å²) in [4.78, 5) is 25.2. The molecule has 3 rings (SSSR count). The number of aromatic nitrogens is 1. The van der Waals surface area contributed by atoms with E-state index in [4.69, 9.17) is 21.1 Å². The highest BCUT2D eigenvalue weighted by molar-refractivity contribution is 6.31. The summed E-state index contributed by atoms with van der Waals surface area (Å²) < 4.78 is 12.4. The van der Waals surface area contributed by atoms with Crippen LogP contribution in [0.5, 0.6) is 11.5 Å². The van der Waals surface area contributed by atoms with Crippen molar-refractivity contribution in [2.45, 2.75) is 13.8 Å². The molecule has 0 unspecified atom stereocenters. The van der Waals surface area contributed by atoms with E-state index in [1.807, 2.05) is 26.1 Å². The van der Waals surface area contributed by atoms with Gasteiger partial charge in [-0.05, 0) is 55.8 Å². The van der Waals surface area contributed by atoms with E-state index in [0.29, 0.717) is 39.0 Å². The molecule has 0 atom stereocenters. The van der Waals surface area contributed by atoms with Crippen LogP contribution in [0.25, 0.3) is 11.8 Å². The quantitative estimate of drug-likeness (QED) is 0.366. The monoisotopic (exact) mass is 423 g/mol. The van der Waals surface area contributed by atoms with Gasteiger partial charge in [0, 0.05) is 16.8 Å². The molecule has 3 aromatic rings. The Morgan fingerprint density at radius 3 is 2.43 bits per heavy atom. The van der Waals surface area contributed by atoms with E-state index in [0.717, 1.165) is 17.4 Å². The maximum absolute atomic E-state index is 13.5. The summed E-state index contributed by atoms with van der Waals surface area (Å²) in [5, 5.41) is 0.410. The van der Waals surface area contributed by atoms with Gasteiger partial charge in [0.25, 0.3) is 0 Å². The fourth-order valence-electron chi connectivity index (χ4n) is 3.32. The highest BCUT2D eigenvalue weighted by Crippen LogP contribution is 2.34. The van der Waals surface area contributed by atoms with Gasteiger partial charge in [-0.15, -0.1) is 0 Å². The molecule has 0 aliphatic rings. The van der Waals surface area contributed by atoms with E-state index in [-0.39, 0.29) is 5.78 Å². The maximum atomic E-state index is 13.5. The average Bonchev–Trinajstić information content (AvgIpc) is 3.14. The van der Waals surface area contributed by atoms with Gasteiger partial charge in [-0.25, -0.2) is 0 Å². The van der Waals surface area contributed by atoms with Gasteiger partial charge in [-0.3, -0.25) is 9.59 Å². The van der Waals surface area contributed by atoms with Crippen LogP contribution in [0.2, 0.25) is 5.02 Å². The van der Waals surface area contributed by atoms with Crippen molar-refractivity contribution in [3.8, 4) is 17.2 Å². The van der Waals surface area contributed by atoms with Crippen LogP contribution in [0, 0.1) is 0 Å². The molecule has 154 valence electrons. The number of benzene rings is 2. The van der Waals surface area contributed by atoms with E-state index in [1.165, 1.54) is 14.2 Å². The van der Waals surface area contributed by atoms with Crippen LogP contribution in [0.3, 0.4) is 0 Å². The molecule has 0 aliphatic heterocycles. The molecule has 2 aromatic carbocycles. The van der Waals surface area contributed by atoms with E-state index >= 15 is 0 Å². The summed E-state index contributed by atoms with van der Waals surface area (Å²) in [5.74, 6) is 0.495. The van der Waals surface area contributed by atoms with Crippen LogP contribution in [0.1, 0.15) is 45.8 Å². The largest absolute Gasteiger partial charge is 0.493 e. The summed E-state index contributed by atoms with van der Waals surface area (Å²) in [5.41, 5.74) is 3.62. The Hall–Kier alpha value is -3.31. The average molecular weight is 424 g/mol. The minimum Gasteiger partial charge on any atom is -0.493 e. The molecule has 5 nitrogen and oxygen atoms in total. The molecule has 0 fully saturated rings. The highest BCUT2D eigenvalue weighted by atomic mass is 35.5. The first kappa shape index (κ1) is 21.4. The fraction of sp³-hybridized carbons (Fsp3) is 0.167. The highest BCUT2D eigenvalue weighted by Gasteiger charge is 2.22. The third-order valence-electron chi connectivity index (χ3n) is 4.56. The van der Waals surface area contributed by atoms with Crippen LogP contribution in [-0.2, 0) is 0 Å². The smallest absolute Gasteiger partial charge is 0.199 e. The number of allylic oxidation sites excluding steroid dienone is 1. The van der Waals surface area contributed by atoms with Crippen molar-refractivity contribution >= 4 is 29.7 Å². The van der Waals surface area contributed by atoms with Crippen molar-refractivity contribution in [3.63, 3.8) is 0 Å². The van der Waals surface area contributed by atoms with Crippen molar-refractivity contribution in [2.24, 2.45) is 0 Å². The van der Waals surface area contributed by atoms with Gasteiger partial charge in [-0.2, -0.15) is 0 Å². The van der Waals surface area contributed by atoms with Crippen LogP contribution in [0.4, 0.5) is 0 Å². The van der Waals surface area contributed by atoms with Crippen molar-refractivity contribution in [2.75, 3.05) is 14.2 Å². The number of hydrogen-bond acceptors (Lipinski definition) is 4. The number of para-hydroxylation sites is 1. The Bertz CT molecular complexity index is 1140. The second-order valence-electron chi connectivity index (χ2n) is 6.94. The molecule has 0 saturated heterocycles. The number of ether oxygens (including phenoxy) is 2. The first-order valence-electron chi connectivity index (χ1n) is 9.27. The Balaban J connectivity index is 2.22. The minimum atomic E-state index is -0.294. The minimum absolute atomic E-state index is 0.294. The second-order valence-corrected chi connectivity index (χ2v) is 7.38. The lowest BCUT2D eigenvalue weighted by Gasteiger charge is -2.15. The van der Waals surface area contributed by atoms with E-state index in [2.05, 4.69) is 0 Å². The number of carbonyl (C=O) groups is 2. The van der Waals surface area contributed by atoms with Gasteiger partial charge in [0.15, 0.2) is 23.6 Å². The first-order chi connectivity index (χ1) is 14.4. The van der Waals surface area contributed by atoms with Crippen molar-refractivity contribution in [1.29, 1.82) is 0 Å². The van der Waals surface area contributed by atoms with Gasteiger partial charge in [0.05, 0.1) is 31.2 Å². The van der Waals surface area contributed by atoms with Crippen LogP contribution in [-0.4, -0.2) is 30.9 Å². The van der Waals surface area contributed by atoms with Gasteiger partial charge in [0.2, 0.25) is 0 Å². The van der Waals surface area contributed by atoms with Crippen molar-refractivity contribution in [1.82, 2.24) is 4.57 Å². The number of methoxy groups -OCH3 is 2. The van der Waals surface area contributed by atoms with Crippen molar-refractivity contribution in [3.05, 3.63) is 81.6 Å². The Labute approximate surface area is 180 Å². The fourth-order valence-corrected chi connectivity index (χ4v) is 3.50. The lowest BCUT2D eigenvalue weighted by Crippen LogP contribution is -2.10. The lowest BCUT2D eigenvalue weighted by atomic mass is 10.00. The molecule has 1 aromatic heterocycles. The first-order valence-corrected chi connectivity index (χ1v) is 9.65. The van der Waals surface area contributed by atoms with Gasteiger partial charge >= 0.3 is 0 Å². The molecule has 0 spiro atoms. The number of rotatable bonds is 7. The number of carbonyl (C=O) groups excluding carboxylic acids is 2. The van der Waals surface area contributed by atoms with Crippen molar-refractivity contribution < 1.29 is 19.1 Å². The molecule has 30 heavy (non-hydrogen) atoms. The number of nitrogens with zero attached hydrogens (tertiary/aromatic N) is 1. The SMILES string of the molecule is COc1cccc(C(=O)c2cc(Cl)ccc2-n2cc(C=C(C)C)cc2C=O)c1OC. The zero-order valence-electron chi connectivity index (χ0n) is 17.2. The topological polar surface area (TPSA) is 57.5 Å². The number of ketones is 1. The lowest BCUT2D eigenvalue weighted by molar-refractivity contribution is 0.103. The maximum Gasteiger partial charge on any atom is 0.199 e. The Kier molecular flexibility index (Phi) is 6.43. The Morgan fingerprint density at radius 2 is 1.80 bits per heavy atom. The van der Waals surface area contributed by atoms with Crippen LogP contribution in [0.15, 0.2) is 54.2 Å². The summed E-state index contributed by atoms with van der Waals surface area (Å²) in [7, 11) is 2.99. The molecule has 0 bridgehead atoms. The number of aldehydes is 1. The molecular formula is C24H22ClNO4. The summed E-state index contributed by atoms with van der Waals surface area (Å²) >= 11 is 6.22. The Morgan fingerprint density at radius 1 is 1.03 bits per heavy atom. The van der Waals surface area contributed by atoms with E-state index < -0.39 is 0 Å². The van der Waals surface area contributed by atoms with E-state index in [1.54, 1.807) is 47.0 Å². The molecule has 6 heteroatoms. The molecular weight excluding hydrogens is 402 g/mol.